The van der Waals surface area contributed by atoms with Gasteiger partial charge in [0.25, 0.3) is 0 Å². The molecule has 0 saturated carbocycles. The Kier molecular flexibility index (Phi) is 3.16. The monoisotopic (exact) mass is 217 g/mol. The summed E-state index contributed by atoms with van der Waals surface area (Å²) in [5, 5.41) is 1.14. The molecule has 0 fully saturated rings. The molecule has 1 nitrogen and oxygen atoms in total. The van der Waals surface area contributed by atoms with Gasteiger partial charge in [0.15, 0.2) is 0 Å². The topological polar surface area (TPSA) is 12.9 Å². The zero-order valence-corrected chi connectivity index (χ0v) is 8.83. The van der Waals surface area contributed by atoms with E-state index in [9.17, 15) is 0 Å². The minimum atomic E-state index is 0. The van der Waals surface area contributed by atoms with Gasteiger partial charge in [0, 0.05) is 38.9 Å². The van der Waals surface area contributed by atoms with E-state index in [0.717, 1.165) is 10.9 Å². The van der Waals surface area contributed by atoms with Gasteiger partial charge < -0.3 is 0 Å². The van der Waals surface area contributed by atoms with Crippen molar-refractivity contribution >= 4 is 10.9 Å². The molecule has 0 N–H and O–H groups in total. The van der Waals surface area contributed by atoms with Crippen molar-refractivity contribution in [1.82, 2.24) is 4.98 Å². The number of aromatic nitrogens is 1. The number of benzene rings is 1. The molecule has 0 aliphatic heterocycles. The SMILES string of the molecule is [Y].[c-]1cccc2cccnc12. The second-order valence-corrected chi connectivity index (χ2v) is 2.11. The van der Waals surface area contributed by atoms with Crippen LogP contribution in [0.2, 0.25) is 0 Å². The summed E-state index contributed by atoms with van der Waals surface area (Å²) in [7, 11) is 0. The van der Waals surface area contributed by atoms with Crippen molar-refractivity contribution in [2.75, 3.05) is 0 Å². The summed E-state index contributed by atoms with van der Waals surface area (Å²) in [6.45, 7) is 0. The van der Waals surface area contributed by atoms with E-state index < -0.39 is 0 Å². The van der Waals surface area contributed by atoms with Gasteiger partial charge in [-0.15, -0.1) is 11.5 Å². The van der Waals surface area contributed by atoms with Crippen molar-refractivity contribution < 1.29 is 32.7 Å². The quantitative estimate of drug-likeness (QED) is 0.615. The third-order valence-electron chi connectivity index (χ3n) is 1.43. The molecule has 1 aromatic carbocycles. The largest absolute Gasteiger partial charge is 0.283 e. The van der Waals surface area contributed by atoms with Crippen molar-refractivity contribution in [2.45, 2.75) is 0 Å². The van der Waals surface area contributed by atoms with Gasteiger partial charge in [0.05, 0.1) is 0 Å². The van der Waals surface area contributed by atoms with Crippen molar-refractivity contribution in [3.05, 3.63) is 42.6 Å². The number of hydrogen-bond donors (Lipinski definition) is 0. The van der Waals surface area contributed by atoms with Crippen LogP contribution in [0.25, 0.3) is 10.9 Å². The number of nitrogens with zero attached hydrogens (tertiary/aromatic N) is 1. The molecule has 0 unspecified atom stereocenters. The van der Waals surface area contributed by atoms with Crippen LogP contribution in [0, 0.1) is 6.07 Å². The third kappa shape index (κ3) is 1.85. The second-order valence-electron chi connectivity index (χ2n) is 2.11. The zero-order valence-electron chi connectivity index (χ0n) is 5.99. The van der Waals surface area contributed by atoms with Gasteiger partial charge in [-0.25, -0.2) is 0 Å². The molecule has 1 heterocycles. The average molecular weight is 217 g/mol. The predicted octanol–water partition coefficient (Wildman–Crippen LogP) is 2.03. The van der Waals surface area contributed by atoms with Gasteiger partial charge in [0.2, 0.25) is 0 Å². The van der Waals surface area contributed by atoms with Gasteiger partial charge in [-0.3, -0.25) is 4.98 Å². The molecule has 11 heavy (non-hydrogen) atoms. The van der Waals surface area contributed by atoms with Crippen LogP contribution in [-0.2, 0) is 32.7 Å². The van der Waals surface area contributed by atoms with E-state index in [0.29, 0.717) is 0 Å². The molecule has 2 heteroatoms. The normalized spacial score (nSPS) is 9.09. The first kappa shape index (κ1) is 8.83. The van der Waals surface area contributed by atoms with Crippen LogP contribution in [0.4, 0.5) is 0 Å². The Morgan fingerprint density at radius 3 is 2.82 bits per heavy atom. The summed E-state index contributed by atoms with van der Waals surface area (Å²) in [6, 6.07) is 12.9. The van der Waals surface area contributed by atoms with E-state index in [-0.39, 0.29) is 32.7 Å². The van der Waals surface area contributed by atoms with E-state index in [1.54, 1.807) is 6.20 Å². The van der Waals surface area contributed by atoms with Crippen molar-refractivity contribution in [1.29, 1.82) is 0 Å². The zero-order chi connectivity index (χ0) is 6.81. The van der Waals surface area contributed by atoms with Crippen LogP contribution in [-0.4, -0.2) is 4.98 Å². The summed E-state index contributed by atoms with van der Waals surface area (Å²) >= 11 is 0. The number of fused-ring (bicyclic) bond motifs is 1. The maximum absolute atomic E-state index is 4.13. The van der Waals surface area contributed by atoms with Crippen LogP contribution in [0.1, 0.15) is 0 Å². The van der Waals surface area contributed by atoms with Crippen LogP contribution in [0.5, 0.6) is 0 Å². The summed E-state index contributed by atoms with van der Waals surface area (Å²) < 4.78 is 0. The molecule has 0 amide bonds. The van der Waals surface area contributed by atoms with Gasteiger partial charge in [-0.2, -0.15) is 24.3 Å². The molecular formula is C9H6NY-. The Morgan fingerprint density at radius 2 is 2.00 bits per heavy atom. The molecule has 0 spiro atoms. The van der Waals surface area contributed by atoms with E-state index in [1.165, 1.54) is 0 Å². The van der Waals surface area contributed by atoms with Gasteiger partial charge >= 0.3 is 0 Å². The molecular weight excluding hydrogens is 211 g/mol. The fraction of sp³-hybridized carbons (Fsp3) is 0. The van der Waals surface area contributed by atoms with Crippen molar-refractivity contribution in [3.8, 4) is 0 Å². The molecule has 0 atom stereocenters. The first-order chi connectivity index (χ1) is 4.97. The number of hydrogen-bond acceptors (Lipinski definition) is 1. The number of rotatable bonds is 0. The molecule has 0 aliphatic rings. The van der Waals surface area contributed by atoms with E-state index in [4.69, 9.17) is 0 Å². The number of para-hydroxylation sites is 1. The summed E-state index contributed by atoms with van der Waals surface area (Å²) in [5.74, 6) is 0. The smallest absolute Gasteiger partial charge is 0.0239 e. The van der Waals surface area contributed by atoms with Gasteiger partial charge in [-0.05, 0) is 5.52 Å². The molecule has 0 saturated heterocycles. The molecule has 2 rings (SSSR count). The molecule has 51 valence electrons. The summed E-state index contributed by atoms with van der Waals surface area (Å²) in [5.41, 5.74) is 0.935. The van der Waals surface area contributed by atoms with Crippen LogP contribution >= 0.6 is 0 Å². The van der Waals surface area contributed by atoms with E-state index in [2.05, 4.69) is 11.1 Å². The van der Waals surface area contributed by atoms with Crippen LogP contribution < -0.4 is 0 Å². The minimum Gasteiger partial charge on any atom is -0.283 e. The first-order valence-corrected chi connectivity index (χ1v) is 3.18. The van der Waals surface area contributed by atoms with Gasteiger partial charge in [-0.1, -0.05) is 6.07 Å². The molecule has 2 aromatic rings. The van der Waals surface area contributed by atoms with Crippen molar-refractivity contribution in [2.24, 2.45) is 0 Å². The molecule has 1 radical (unpaired) electrons. The Bertz CT molecular complexity index is 281. The van der Waals surface area contributed by atoms with Crippen LogP contribution in [0.3, 0.4) is 0 Å². The predicted molar refractivity (Wildman–Crippen MR) is 40.6 cm³/mol. The summed E-state index contributed by atoms with van der Waals surface area (Å²) in [4.78, 5) is 4.13. The Morgan fingerprint density at radius 1 is 1.18 bits per heavy atom. The second kappa shape index (κ2) is 3.94. The number of pyridine rings is 1. The Hall–Kier alpha value is -0.266. The first-order valence-electron chi connectivity index (χ1n) is 3.18. The Labute approximate surface area is 90.7 Å². The maximum Gasteiger partial charge on any atom is 0.0239 e. The van der Waals surface area contributed by atoms with E-state index in [1.807, 2.05) is 30.3 Å². The van der Waals surface area contributed by atoms with Crippen LogP contribution in [0.15, 0.2) is 36.5 Å². The molecule has 0 bridgehead atoms. The van der Waals surface area contributed by atoms with Gasteiger partial charge in [0.1, 0.15) is 0 Å². The van der Waals surface area contributed by atoms with Crippen molar-refractivity contribution in [3.63, 3.8) is 0 Å². The fourth-order valence-electron chi connectivity index (χ4n) is 0.952. The molecule has 1 aromatic heterocycles. The van der Waals surface area contributed by atoms with E-state index >= 15 is 0 Å². The third-order valence-corrected chi connectivity index (χ3v) is 1.43. The standard InChI is InChI=1S/C9H6N.Y/c1-2-6-9-8(4-1)5-3-7-10-9;/h1-5,7H;/q-1;. The summed E-state index contributed by atoms with van der Waals surface area (Å²) in [6.07, 6.45) is 1.78. The molecule has 0 aliphatic carbocycles. The maximum atomic E-state index is 4.13. The fourth-order valence-corrected chi connectivity index (χ4v) is 0.952. The average Bonchev–Trinajstić information content (AvgIpc) is 2.05. The minimum absolute atomic E-state index is 0. The Balaban J connectivity index is 0.000000605.